The molecule has 0 spiro atoms. The van der Waals surface area contributed by atoms with E-state index in [0.29, 0.717) is 40.8 Å². The summed E-state index contributed by atoms with van der Waals surface area (Å²) in [6.07, 6.45) is -3.01. The Kier molecular flexibility index (Phi) is 8.57. The third-order valence-corrected chi connectivity index (χ3v) is 8.65. The average molecular weight is 626 g/mol. The number of hydrogen-bond donors (Lipinski definition) is 1. The van der Waals surface area contributed by atoms with E-state index < -0.39 is 29.4 Å². The molecule has 1 fully saturated rings. The Labute approximate surface area is 256 Å². The van der Waals surface area contributed by atoms with Crippen molar-refractivity contribution in [1.29, 1.82) is 5.26 Å². The van der Waals surface area contributed by atoms with Gasteiger partial charge in [-0.1, -0.05) is 12.1 Å². The van der Waals surface area contributed by atoms with E-state index in [1.807, 2.05) is 0 Å². The summed E-state index contributed by atoms with van der Waals surface area (Å²) in [7, 11) is 3.26. The van der Waals surface area contributed by atoms with E-state index in [1.165, 1.54) is 28.7 Å². The first-order valence-electron chi connectivity index (χ1n) is 14.3. The lowest BCUT2D eigenvalue weighted by atomic mass is 9.88. The minimum atomic E-state index is -4.63. The van der Waals surface area contributed by atoms with Crippen molar-refractivity contribution >= 4 is 24.1 Å². The maximum Gasteiger partial charge on any atom is 0.416 e. The molecule has 0 unspecified atom stereocenters. The van der Waals surface area contributed by atoms with Crippen LogP contribution in [0.4, 0.5) is 24.8 Å². The SMILES string of the molecule is COC(=O)C1=C(C)N(c2cccc(C(F)(F)F)c2)c2n[nH]c(=O)n2[C@@H]1c1ccc(C#N)cc1C[N+]1(C)CCC(COC=O)CC1. The van der Waals surface area contributed by atoms with Crippen LogP contribution in [0.2, 0.25) is 0 Å². The van der Waals surface area contributed by atoms with Gasteiger partial charge in [0.25, 0.3) is 6.47 Å². The fourth-order valence-electron chi connectivity index (χ4n) is 6.31. The lowest BCUT2D eigenvalue weighted by Crippen LogP contribution is -2.50. The highest BCUT2D eigenvalue weighted by atomic mass is 19.4. The number of piperidine rings is 1. The molecule has 236 valence electrons. The van der Waals surface area contributed by atoms with Crippen molar-refractivity contribution < 1.29 is 36.7 Å². The number of aromatic amines is 1. The number of methoxy groups -OCH3 is 1. The van der Waals surface area contributed by atoms with Crippen molar-refractivity contribution in [2.75, 3.05) is 38.8 Å². The average Bonchev–Trinajstić information content (AvgIpc) is 3.40. The molecule has 2 aliphatic heterocycles. The number of benzene rings is 2. The van der Waals surface area contributed by atoms with Gasteiger partial charge >= 0.3 is 17.8 Å². The summed E-state index contributed by atoms with van der Waals surface area (Å²) in [5, 5.41) is 16.3. The number of carbonyl (C=O) groups is 2. The number of rotatable bonds is 8. The number of nitrogens with one attached hydrogen (secondary N) is 1. The Morgan fingerprint density at radius 2 is 1.96 bits per heavy atom. The van der Waals surface area contributed by atoms with Gasteiger partial charge in [0.2, 0.25) is 5.95 Å². The number of alkyl halides is 3. The van der Waals surface area contributed by atoms with E-state index in [2.05, 4.69) is 23.3 Å². The molecule has 3 aromatic rings. The predicted molar refractivity (Wildman–Crippen MR) is 155 cm³/mol. The zero-order valence-corrected chi connectivity index (χ0v) is 24.9. The summed E-state index contributed by atoms with van der Waals surface area (Å²) in [6, 6.07) is 10.6. The number of carbonyl (C=O) groups excluding carboxylic acids is 2. The Morgan fingerprint density at radius 1 is 1.22 bits per heavy atom. The first-order chi connectivity index (χ1) is 21.4. The summed E-state index contributed by atoms with van der Waals surface area (Å²) in [6.45, 7) is 4.32. The van der Waals surface area contributed by atoms with Crippen LogP contribution in [0.5, 0.6) is 0 Å². The van der Waals surface area contributed by atoms with Gasteiger partial charge in [0.1, 0.15) is 12.6 Å². The van der Waals surface area contributed by atoms with Crippen molar-refractivity contribution in [3.8, 4) is 6.07 Å². The second-order valence-corrected chi connectivity index (χ2v) is 11.6. The minimum absolute atomic E-state index is 0.0128. The number of hydrogen-bond acceptors (Lipinski definition) is 8. The van der Waals surface area contributed by atoms with E-state index in [4.69, 9.17) is 9.47 Å². The number of allylic oxidation sites excluding steroid dienone is 1. The van der Waals surface area contributed by atoms with Gasteiger partial charge in [-0.25, -0.2) is 19.3 Å². The van der Waals surface area contributed by atoms with Gasteiger partial charge in [-0.15, -0.1) is 5.10 Å². The standard InChI is InChI=1S/C31H31F3N6O5/c1-19-26(28(42)44-3)27(39-29(36-37-30(39)43)38(19)24-6-4-5-23(14-24)31(32,33)34)25-8-7-21(15-35)13-22(25)16-40(2)11-9-20(10-12-40)17-45-18-41/h4-8,13-14,18,20,27H,9-12,16-17H2,1-3H3/p+1/t20?,27-,40?/m1/s1. The number of quaternary nitrogens is 1. The fourth-order valence-corrected chi connectivity index (χ4v) is 6.31. The molecule has 11 nitrogen and oxygen atoms in total. The van der Waals surface area contributed by atoms with Crippen molar-refractivity contribution in [3.05, 3.63) is 86.5 Å². The van der Waals surface area contributed by atoms with Crippen LogP contribution in [0.25, 0.3) is 0 Å². The van der Waals surface area contributed by atoms with Gasteiger partial charge in [-0.05, 0) is 42.8 Å². The number of fused-ring (bicyclic) bond motifs is 1. The first kappa shape index (κ1) is 31.5. The number of esters is 1. The van der Waals surface area contributed by atoms with Gasteiger partial charge < -0.3 is 14.0 Å². The fraction of sp³-hybridized carbons (Fsp3) is 0.387. The molecule has 1 aromatic heterocycles. The Bertz CT molecular complexity index is 1750. The summed E-state index contributed by atoms with van der Waals surface area (Å²) in [5.74, 6) is -0.559. The molecule has 0 amide bonds. The molecule has 0 radical (unpaired) electrons. The monoisotopic (exact) mass is 625 g/mol. The minimum Gasteiger partial charge on any atom is -0.468 e. The van der Waals surface area contributed by atoms with E-state index in [1.54, 1.807) is 25.1 Å². The highest BCUT2D eigenvalue weighted by Gasteiger charge is 2.42. The molecule has 14 heteroatoms. The van der Waals surface area contributed by atoms with E-state index in [9.17, 15) is 32.8 Å². The van der Waals surface area contributed by atoms with Crippen molar-refractivity contribution in [3.63, 3.8) is 0 Å². The predicted octanol–water partition coefficient (Wildman–Crippen LogP) is 4.18. The molecule has 3 heterocycles. The molecule has 0 bridgehead atoms. The second kappa shape index (κ2) is 12.2. The van der Waals surface area contributed by atoms with Crippen molar-refractivity contribution in [2.24, 2.45) is 5.92 Å². The summed E-state index contributed by atoms with van der Waals surface area (Å²) in [5.41, 5.74) is 0.351. The number of aromatic nitrogens is 3. The molecule has 2 aliphatic rings. The van der Waals surface area contributed by atoms with Crippen LogP contribution >= 0.6 is 0 Å². The summed E-state index contributed by atoms with van der Waals surface area (Å²) in [4.78, 5) is 38.9. The smallest absolute Gasteiger partial charge is 0.416 e. The Hall–Kier alpha value is -4.90. The summed E-state index contributed by atoms with van der Waals surface area (Å²) >= 11 is 0. The molecule has 0 saturated carbocycles. The molecule has 2 aromatic carbocycles. The van der Waals surface area contributed by atoms with Crippen LogP contribution in [0.1, 0.15) is 48.1 Å². The quantitative estimate of drug-likeness (QED) is 0.224. The van der Waals surface area contributed by atoms with Crippen molar-refractivity contribution in [1.82, 2.24) is 14.8 Å². The number of H-pyrrole nitrogens is 1. The zero-order chi connectivity index (χ0) is 32.5. The molecule has 45 heavy (non-hydrogen) atoms. The molecular weight excluding hydrogens is 593 g/mol. The molecular formula is C31H32F3N6O5+. The lowest BCUT2D eigenvalue weighted by molar-refractivity contribution is -0.928. The number of likely N-dealkylation sites (tertiary alicyclic amines) is 1. The maximum absolute atomic E-state index is 13.7. The molecule has 1 saturated heterocycles. The maximum atomic E-state index is 13.7. The zero-order valence-electron chi connectivity index (χ0n) is 24.9. The molecule has 0 aliphatic carbocycles. The third-order valence-electron chi connectivity index (χ3n) is 8.65. The molecule has 5 rings (SSSR count). The highest BCUT2D eigenvalue weighted by molar-refractivity contribution is 5.93. The largest absolute Gasteiger partial charge is 0.468 e. The van der Waals surface area contributed by atoms with Gasteiger partial charge in [-0.2, -0.15) is 18.4 Å². The third kappa shape index (κ3) is 6.08. The van der Waals surface area contributed by atoms with Crippen LogP contribution < -0.4 is 10.6 Å². The number of anilines is 2. The highest BCUT2D eigenvalue weighted by Crippen LogP contribution is 2.44. The van der Waals surface area contributed by atoms with E-state index in [-0.39, 0.29) is 28.8 Å². The van der Waals surface area contributed by atoms with Gasteiger partial charge in [0.15, 0.2) is 0 Å². The Balaban J connectivity index is 1.65. The number of nitriles is 1. The van der Waals surface area contributed by atoms with E-state index >= 15 is 0 Å². The van der Waals surface area contributed by atoms with Gasteiger partial charge in [0, 0.05) is 35.7 Å². The first-order valence-corrected chi connectivity index (χ1v) is 14.3. The number of nitrogens with zero attached hydrogens (tertiary/aromatic N) is 5. The topological polar surface area (TPSA) is 130 Å². The van der Waals surface area contributed by atoms with Crippen LogP contribution in [-0.2, 0) is 31.8 Å². The number of ether oxygens (including phenoxy) is 2. The second-order valence-electron chi connectivity index (χ2n) is 11.6. The van der Waals surface area contributed by atoms with Gasteiger partial charge in [-0.3, -0.25) is 9.69 Å². The lowest BCUT2D eigenvalue weighted by Gasteiger charge is -2.41. The number of halogens is 3. The molecule has 1 atom stereocenters. The van der Waals surface area contributed by atoms with Gasteiger partial charge in [0.05, 0.1) is 56.6 Å². The van der Waals surface area contributed by atoms with Crippen LogP contribution in [0, 0.1) is 17.2 Å². The van der Waals surface area contributed by atoms with Crippen LogP contribution in [0.15, 0.2) is 58.5 Å². The van der Waals surface area contributed by atoms with E-state index in [0.717, 1.165) is 38.1 Å². The van der Waals surface area contributed by atoms with Crippen LogP contribution in [-0.4, -0.2) is 65.5 Å². The normalized spacial score (nSPS) is 21.6. The summed E-state index contributed by atoms with van der Waals surface area (Å²) < 4.78 is 52.9. The van der Waals surface area contributed by atoms with Crippen LogP contribution in [0.3, 0.4) is 0 Å². The Morgan fingerprint density at radius 3 is 2.60 bits per heavy atom. The molecule has 1 N–H and O–H groups in total. The van der Waals surface area contributed by atoms with Crippen molar-refractivity contribution in [2.45, 2.75) is 38.5 Å².